The van der Waals surface area contributed by atoms with Gasteiger partial charge in [0, 0.05) is 13.1 Å². The van der Waals surface area contributed by atoms with Crippen LogP contribution in [0.3, 0.4) is 0 Å². The monoisotopic (exact) mass is 395 g/mol. The van der Waals surface area contributed by atoms with Gasteiger partial charge in [0.2, 0.25) is 5.95 Å². The molecule has 0 unspecified atom stereocenters. The van der Waals surface area contributed by atoms with Crippen LogP contribution in [0.25, 0.3) is 0 Å². The number of nitrogens with one attached hydrogen (secondary N) is 2. The molecule has 3 aromatic rings. The van der Waals surface area contributed by atoms with Crippen LogP contribution in [0.4, 0.5) is 11.8 Å². The summed E-state index contributed by atoms with van der Waals surface area (Å²) in [7, 11) is 4.89. The summed E-state index contributed by atoms with van der Waals surface area (Å²) in [4.78, 5) is 4.45. The maximum atomic E-state index is 5.33. The molecule has 2 aromatic carbocycles. The van der Waals surface area contributed by atoms with Crippen LogP contribution in [0.1, 0.15) is 11.1 Å². The highest BCUT2D eigenvalue weighted by atomic mass is 16.5. The van der Waals surface area contributed by atoms with Crippen molar-refractivity contribution in [3.63, 3.8) is 0 Å². The molecule has 0 aliphatic heterocycles. The number of hydrogen-bond donors (Lipinski definition) is 2. The smallest absolute Gasteiger partial charge is 0.244 e. The maximum absolute atomic E-state index is 5.33. The lowest BCUT2D eigenvalue weighted by molar-refractivity contribution is 0.354. The van der Waals surface area contributed by atoms with Crippen LogP contribution in [0, 0.1) is 0 Å². The zero-order valence-corrected chi connectivity index (χ0v) is 16.8. The molecule has 0 amide bonds. The van der Waals surface area contributed by atoms with Crippen molar-refractivity contribution in [2.45, 2.75) is 13.0 Å². The van der Waals surface area contributed by atoms with E-state index in [2.05, 4.69) is 25.8 Å². The summed E-state index contributed by atoms with van der Waals surface area (Å²) in [5.74, 6) is 3.36. The number of rotatable bonds is 10. The molecule has 0 saturated carbocycles. The van der Waals surface area contributed by atoms with E-state index in [4.69, 9.17) is 14.2 Å². The first-order chi connectivity index (χ1) is 14.2. The fourth-order valence-corrected chi connectivity index (χ4v) is 2.76. The summed E-state index contributed by atoms with van der Waals surface area (Å²) in [6, 6.07) is 13.8. The second-order valence-electron chi connectivity index (χ2n) is 6.23. The number of benzene rings is 2. The maximum Gasteiger partial charge on any atom is 0.244 e. The van der Waals surface area contributed by atoms with Gasteiger partial charge in [-0.25, -0.2) is 0 Å². The molecule has 152 valence electrons. The number of anilines is 2. The Bertz CT molecular complexity index is 918. The van der Waals surface area contributed by atoms with Crippen LogP contribution >= 0.6 is 0 Å². The molecule has 0 spiro atoms. The quantitative estimate of drug-likeness (QED) is 0.541. The van der Waals surface area contributed by atoms with Crippen molar-refractivity contribution < 1.29 is 14.2 Å². The molecule has 2 N–H and O–H groups in total. The molecule has 8 nitrogen and oxygen atoms in total. The van der Waals surface area contributed by atoms with Gasteiger partial charge in [0.05, 0.1) is 27.5 Å². The molecule has 0 radical (unpaired) electrons. The van der Waals surface area contributed by atoms with Crippen molar-refractivity contribution >= 4 is 11.8 Å². The van der Waals surface area contributed by atoms with Crippen molar-refractivity contribution in [2.24, 2.45) is 0 Å². The van der Waals surface area contributed by atoms with Gasteiger partial charge in [-0.1, -0.05) is 18.2 Å². The van der Waals surface area contributed by atoms with Gasteiger partial charge in [0.15, 0.2) is 17.3 Å². The standard InChI is InChI=1S/C21H25N5O3/c1-27-17-7-4-15(5-8-17)10-11-22-21-25-20(14-24-26-21)23-13-16-6-9-18(28-2)19(12-16)29-3/h4-9,12,14H,10-11,13H2,1-3H3,(H2,22,23,25,26). The van der Waals surface area contributed by atoms with E-state index in [1.165, 1.54) is 5.56 Å². The SMILES string of the molecule is COc1ccc(CCNc2nncc(NCc3ccc(OC)c(OC)c3)n2)cc1. The normalized spacial score (nSPS) is 10.3. The number of hydrogen-bond acceptors (Lipinski definition) is 8. The van der Waals surface area contributed by atoms with Crippen LogP contribution < -0.4 is 24.8 Å². The number of aromatic nitrogens is 3. The lowest BCUT2D eigenvalue weighted by Crippen LogP contribution is -2.10. The number of ether oxygens (including phenoxy) is 3. The Hall–Kier alpha value is -3.55. The zero-order valence-electron chi connectivity index (χ0n) is 16.8. The van der Waals surface area contributed by atoms with E-state index in [1.54, 1.807) is 27.5 Å². The minimum absolute atomic E-state index is 0.482. The fourth-order valence-electron chi connectivity index (χ4n) is 2.76. The van der Waals surface area contributed by atoms with E-state index >= 15 is 0 Å². The molecule has 0 bridgehead atoms. The molecule has 0 atom stereocenters. The van der Waals surface area contributed by atoms with Gasteiger partial charge in [0.1, 0.15) is 5.75 Å². The van der Waals surface area contributed by atoms with Crippen molar-refractivity contribution in [1.82, 2.24) is 15.2 Å². The predicted octanol–water partition coefficient (Wildman–Crippen LogP) is 3.16. The van der Waals surface area contributed by atoms with Gasteiger partial charge >= 0.3 is 0 Å². The Morgan fingerprint density at radius 1 is 0.828 bits per heavy atom. The molecule has 29 heavy (non-hydrogen) atoms. The Balaban J connectivity index is 1.52. The first kappa shape index (κ1) is 20.2. The molecular weight excluding hydrogens is 370 g/mol. The van der Waals surface area contributed by atoms with E-state index in [-0.39, 0.29) is 0 Å². The summed E-state index contributed by atoms with van der Waals surface area (Å²) in [5, 5.41) is 14.5. The number of methoxy groups -OCH3 is 3. The topological polar surface area (TPSA) is 90.4 Å². The Labute approximate surface area is 170 Å². The molecule has 1 heterocycles. The minimum Gasteiger partial charge on any atom is -0.497 e. The average molecular weight is 395 g/mol. The summed E-state index contributed by atoms with van der Waals surface area (Å²) in [6.07, 6.45) is 2.44. The Morgan fingerprint density at radius 2 is 1.59 bits per heavy atom. The minimum atomic E-state index is 0.482. The highest BCUT2D eigenvalue weighted by Crippen LogP contribution is 2.27. The number of nitrogens with zero attached hydrogens (tertiary/aromatic N) is 3. The third-order valence-electron chi connectivity index (χ3n) is 4.34. The highest BCUT2D eigenvalue weighted by Gasteiger charge is 2.06. The molecule has 0 aliphatic carbocycles. The second-order valence-corrected chi connectivity index (χ2v) is 6.23. The van der Waals surface area contributed by atoms with E-state index in [9.17, 15) is 0 Å². The van der Waals surface area contributed by atoms with Crippen LogP contribution in [0.15, 0.2) is 48.7 Å². The van der Waals surface area contributed by atoms with E-state index < -0.39 is 0 Å². The van der Waals surface area contributed by atoms with Gasteiger partial charge in [0.25, 0.3) is 0 Å². The van der Waals surface area contributed by atoms with Crippen molar-refractivity contribution in [1.29, 1.82) is 0 Å². The lowest BCUT2D eigenvalue weighted by atomic mass is 10.1. The van der Waals surface area contributed by atoms with Crippen molar-refractivity contribution in [3.05, 3.63) is 59.8 Å². The third kappa shape index (κ3) is 5.71. The zero-order chi connectivity index (χ0) is 20.5. The van der Waals surface area contributed by atoms with Crippen LogP contribution in [0.2, 0.25) is 0 Å². The Morgan fingerprint density at radius 3 is 2.31 bits per heavy atom. The van der Waals surface area contributed by atoms with E-state index in [0.717, 1.165) is 17.7 Å². The molecule has 0 saturated heterocycles. The highest BCUT2D eigenvalue weighted by molar-refractivity contribution is 5.44. The molecule has 0 aliphatic rings. The van der Waals surface area contributed by atoms with Gasteiger partial charge in [-0.3, -0.25) is 0 Å². The molecular formula is C21H25N5O3. The van der Waals surface area contributed by atoms with Crippen LogP contribution in [-0.4, -0.2) is 43.1 Å². The summed E-state index contributed by atoms with van der Waals surface area (Å²) >= 11 is 0. The van der Waals surface area contributed by atoms with E-state index in [0.29, 0.717) is 36.4 Å². The largest absolute Gasteiger partial charge is 0.497 e. The van der Waals surface area contributed by atoms with Gasteiger partial charge in [-0.15, -0.1) is 5.10 Å². The Kier molecular flexibility index (Phi) is 7.05. The average Bonchev–Trinajstić information content (AvgIpc) is 2.78. The van der Waals surface area contributed by atoms with Crippen LogP contribution in [-0.2, 0) is 13.0 Å². The fraction of sp³-hybridized carbons (Fsp3) is 0.286. The summed E-state index contributed by atoms with van der Waals surface area (Å²) < 4.78 is 15.8. The van der Waals surface area contributed by atoms with Crippen molar-refractivity contribution in [2.75, 3.05) is 38.5 Å². The summed E-state index contributed by atoms with van der Waals surface area (Å²) in [5.41, 5.74) is 2.24. The summed E-state index contributed by atoms with van der Waals surface area (Å²) in [6.45, 7) is 1.28. The predicted molar refractivity (Wildman–Crippen MR) is 112 cm³/mol. The second kappa shape index (κ2) is 10.1. The van der Waals surface area contributed by atoms with E-state index in [1.807, 2.05) is 42.5 Å². The van der Waals surface area contributed by atoms with Gasteiger partial charge in [-0.05, 0) is 41.8 Å². The molecule has 3 rings (SSSR count). The molecule has 0 fully saturated rings. The molecule has 8 heteroatoms. The van der Waals surface area contributed by atoms with Gasteiger partial charge < -0.3 is 24.8 Å². The van der Waals surface area contributed by atoms with Crippen LogP contribution in [0.5, 0.6) is 17.2 Å². The third-order valence-corrected chi connectivity index (χ3v) is 4.34. The lowest BCUT2D eigenvalue weighted by Gasteiger charge is -2.11. The first-order valence-electron chi connectivity index (χ1n) is 9.23. The van der Waals surface area contributed by atoms with Crippen molar-refractivity contribution in [3.8, 4) is 17.2 Å². The van der Waals surface area contributed by atoms with Gasteiger partial charge in [-0.2, -0.15) is 10.1 Å². The molecule has 1 aromatic heterocycles. The first-order valence-corrected chi connectivity index (χ1v) is 9.23.